The van der Waals surface area contributed by atoms with E-state index in [9.17, 15) is 26.4 Å². The van der Waals surface area contributed by atoms with E-state index in [4.69, 9.17) is 0 Å². The van der Waals surface area contributed by atoms with Crippen molar-refractivity contribution < 1.29 is 31.1 Å². The molecule has 144 valence electrons. The van der Waals surface area contributed by atoms with Gasteiger partial charge in [0.15, 0.2) is 0 Å². The summed E-state index contributed by atoms with van der Waals surface area (Å²) in [6.45, 7) is 4.20. The lowest BCUT2D eigenvalue weighted by Crippen LogP contribution is -2.38. The van der Waals surface area contributed by atoms with E-state index < -0.39 is 38.2 Å². The minimum absolute atomic E-state index is 0. The fourth-order valence-electron chi connectivity index (χ4n) is 1.95. The van der Waals surface area contributed by atoms with Crippen LogP contribution in [0.2, 0.25) is 0 Å². The minimum Gasteiger partial charge on any atom is -0.465 e. The lowest BCUT2D eigenvalue weighted by molar-refractivity contribution is -0.138. The molecule has 1 atom stereocenters. The van der Waals surface area contributed by atoms with Gasteiger partial charge in [-0.25, -0.2) is 17.9 Å². The highest BCUT2D eigenvalue weighted by atomic mass is 35.5. The molecule has 0 unspecified atom stereocenters. The van der Waals surface area contributed by atoms with Crippen LogP contribution in [0.15, 0.2) is 23.1 Å². The number of methoxy groups -OCH3 is 1. The number of benzene rings is 1. The predicted molar refractivity (Wildman–Crippen MR) is 88.4 cm³/mol. The molecule has 1 aromatic rings. The number of halogens is 4. The van der Waals surface area contributed by atoms with Gasteiger partial charge < -0.3 is 10.1 Å². The first-order valence-electron chi connectivity index (χ1n) is 7.05. The van der Waals surface area contributed by atoms with Crippen LogP contribution in [-0.2, 0) is 20.9 Å². The zero-order chi connectivity index (χ0) is 18.5. The van der Waals surface area contributed by atoms with Gasteiger partial charge in [0.25, 0.3) is 0 Å². The molecule has 0 aliphatic carbocycles. The zero-order valence-corrected chi connectivity index (χ0v) is 15.4. The molecule has 0 saturated carbocycles. The molecule has 0 aliphatic heterocycles. The van der Waals surface area contributed by atoms with Crippen LogP contribution >= 0.6 is 12.4 Å². The van der Waals surface area contributed by atoms with Crippen molar-refractivity contribution in [3.63, 3.8) is 0 Å². The molecule has 0 aliphatic rings. The Labute approximate surface area is 150 Å². The third-order valence-electron chi connectivity index (χ3n) is 3.14. The molecule has 6 nitrogen and oxygen atoms in total. The number of rotatable bonds is 7. The Morgan fingerprint density at radius 1 is 1.32 bits per heavy atom. The van der Waals surface area contributed by atoms with Gasteiger partial charge in [0.2, 0.25) is 10.0 Å². The molecule has 0 bridgehead atoms. The second-order valence-electron chi connectivity index (χ2n) is 5.01. The van der Waals surface area contributed by atoms with Crippen LogP contribution in [0.25, 0.3) is 0 Å². The van der Waals surface area contributed by atoms with E-state index in [1.165, 1.54) is 0 Å². The van der Waals surface area contributed by atoms with E-state index in [-0.39, 0.29) is 25.0 Å². The molecule has 11 heteroatoms. The number of hydrogen-bond acceptors (Lipinski definition) is 5. The molecule has 1 aromatic carbocycles. The Morgan fingerprint density at radius 3 is 2.40 bits per heavy atom. The van der Waals surface area contributed by atoms with E-state index in [1.54, 1.807) is 6.92 Å². The van der Waals surface area contributed by atoms with E-state index in [2.05, 4.69) is 14.8 Å². The molecule has 1 rings (SSSR count). The van der Waals surface area contributed by atoms with Crippen LogP contribution in [0.5, 0.6) is 0 Å². The van der Waals surface area contributed by atoms with Crippen molar-refractivity contribution >= 4 is 28.4 Å². The van der Waals surface area contributed by atoms with Crippen molar-refractivity contribution in [1.82, 2.24) is 10.0 Å². The van der Waals surface area contributed by atoms with Crippen LogP contribution in [0.3, 0.4) is 0 Å². The third kappa shape index (κ3) is 6.46. The smallest absolute Gasteiger partial charge is 0.417 e. The molecule has 0 spiro atoms. The maximum Gasteiger partial charge on any atom is 0.417 e. The fraction of sp³-hybridized carbons (Fsp3) is 0.500. The number of likely N-dealkylation sites (N-methyl/N-ethyl adjacent to an activating group) is 1. The minimum atomic E-state index is -4.90. The zero-order valence-electron chi connectivity index (χ0n) is 13.8. The average molecular weight is 405 g/mol. The fourth-order valence-corrected chi connectivity index (χ4v) is 3.11. The quantitative estimate of drug-likeness (QED) is 0.680. The van der Waals surface area contributed by atoms with Crippen LogP contribution in [0, 0.1) is 0 Å². The first kappa shape index (κ1) is 23.6. The number of sulfonamides is 1. The highest BCUT2D eigenvalue weighted by Gasteiger charge is 2.37. The van der Waals surface area contributed by atoms with Crippen molar-refractivity contribution in [3.05, 3.63) is 29.3 Å². The number of nitrogens with one attached hydrogen (secondary N) is 2. The number of hydrogen-bond donors (Lipinski definition) is 2. The number of alkyl halides is 3. The van der Waals surface area contributed by atoms with Crippen LogP contribution in [0.1, 0.15) is 29.8 Å². The Kier molecular flexibility index (Phi) is 8.86. The molecule has 0 saturated heterocycles. The van der Waals surface area contributed by atoms with E-state index in [1.807, 2.05) is 6.92 Å². The third-order valence-corrected chi connectivity index (χ3v) is 4.57. The normalized spacial score (nSPS) is 13.0. The highest BCUT2D eigenvalue weighted by molar-refractivity contribution is 7.89. The summed E-state index contributed by atoms with van der Waals surface area (Å²) in [6.07, 6.45) is -4.90. The van der Waals surface area contributed by atoms with Crippen molar-refractivity contribution in [1.29, 1.82) is 0 Å². The summed E-state index contributed by atoms with van der Waals surface area (Å²) < 4.78 is 70.1. The molecule has 0 heterocycles. The molecular weight excluding hydrogens is 385 g/mol. The maximum absolute atomic E-state index is 13.1. The number of carbonyl (C=O) groups excluding carboxylic acids is 1. The summed E-state index contributed by atoms with van der Waals surface area (Å²) in [7, 11) is -3.21. The van der Waals surface area contributed by atoms with Gasteiger partial charge >= 0.3 is 12.1 Å². The predicted octanol–water partition coefficient (Wildman–Crippen LogP) is 2.19. The molecule has 0 fully saturated rings. The Balaban J connectivity index is 0.00000576. The number of carbonyl (C=O) groups is 1. The van der Waals surface area contributed by atoms with Gasteiger partial charge in [-0.05, 0) is 31.7 Å². The average Bonchev–Trinajstić information content (AvgIpc) is 2.51. The standard InChI is InChI=1S/C14H19F3N2O4S.ClH/c1-4-18-9(2)8-19-24(21,22)10-5-6-11(13(20)23-3)12(7-10)14(15,16)17;/h5-7,9,18-19H,4,8H2,1-3H3;1H/t9-;/m1./s1. The Hall–Kier alpha value is -1.36. The molecule has 0 amide bonds. The van der Waals surface area contributed by atoms with E-state index in [0.29, 0.717) is 12.6 Å². The molecule has 0 radical (unpaired) electrons. The van der Waals surface area contributed by atoms with Crippen molar-refractivity contribution in [2.45, 2.75) is 31.0 Å². The summed E-state index contributed by atoms with van der Waals surface area (Å²) in [5.41, 5.74) is -2.11. The monoisotopic (exact) mass is 404 g/mol. The second kappa shape index (κ2) is 9.37. The van der Waals surface area contributed by atoms with Crippen LogP contribution in [-0.4, -0.2) is 40.6 Å². The van der Waals surface area contributed by atoms with Gasteiger partial charge in [0, 0.05) is 12.6 Å². The Bertz CT molecular complexity index is 696. The highest BCUT2D eigenvalue weighted by Crippen LogP contribution is 2.33. The summed E-state index contributed by atoms with van der Waals surface area (Å²) in [6, 6.07) is 1.95. The van der Waals surface area contributed by atoms with Gasteiger partial charge in [-0.2, -0.15) is 13.2 Å². The molecular formula is C14H20ClF3N2O4S. The lowest BCUT2D eigenvalue weighted by Gasteiger charge is -2.16. The summed E-state index contributed by atoms with van der Waals surface area (Å²) in [5, 5.41) is 2.97. The lowest BCUT2D eigenvalue weighted by atomic mass is 10.1. The van der Waals surface area contributed by atoms with E-state index >= 15 is 0 Å². The topological polar surface area (TPSA) is 84.5 Å². The van der Waals surface area contributed by atoms with Crippen molar-refractivity contribution in [3.8, 4) is 0 Å². The van der Waals surface area contributed by atoms with Crippen molar-refractivity contribution in [2.24, 2.45) is 0 Å². The second-order valence-corrected chi connectivity index (χ2v) is 6.77. The SMILES string of the molecule is CCN[C@H](C)CNS(=O)(=O)c1ccc(C(=O)OC)c(C(F)(F)F)c1.Cl. The maximum atomic E-state index is 13.1. The van der Waals surface area contributed by atoms with Crippen LogP contribution < -0.4 is 10.0 Å². The molecule has 25 heavy (non-hydrogen) atoms. The van der Waals surface area contributed by atoms with Crippen LogP contribution in [0.4, 0.5) is 13.2 Å². The first-order chi connectivity index (χ1) is 11.0. The van der Waals surface area contributed by atoms with Crippen molar-refractivity contribution in [2.75, 3.05) is 20.2 Å². The molecule has 0 aromatic heterocycles. The van der Waals surface area contributed by atoms with Gasteiger partial charge in [-0.1, -0.05) is 6.92 Å². The Morgan fingerprint density at radius 2 is 1.92 bits per heavy atom. The first-order valence-corrected chi connectivity index (χ1v) is 8.53. The summed E-state index contributed by atoms with van der Waals surface area (Å²) in [4.78, 5) is 10.9. The van der Waals surface area contributed by atoms with Gasteiger partial charge in [0.05, 0.1) is 23.1 Å². The summed E-state index contributed by atoms with van der Waals surface area (Å²) in [5.74, 6) is -1.19. The molecule has 2 N–H and O–H groups in total. The van der Waals surface area contributed by atoms with Gasteiger partial charge in [-0.15, -0.1) is 12.4 Å². The van der Waals surface area contributed by atoms with Gasteiger partial charge in [0.1, 0.15) is 0 Å². The van der Waals surface area contributed by atoms with Gasteiger partial charge in [-0.3, -0.25) is 0 Å². The number of ether oxygens (including phenoxy) is 1. The summed E-state index contributed by atoms with van der Waals surface area (Å²) >= 11 is 0. The largest absolute Gasteiger partial charge is 0.465 e. The number of esters is 1. The van der Waals surface area contributed by atoms with E-state index in [0.717, 1.165) is 19.2 Å².